The highest BCUT2D eigenvalue weighted by Gasteiger charge is 2.32. The number of hydrogen-bond donors (Lipinski definition) is 1. The number of benzene rings is 2. The van der Waals surface area contributed by atoms with E-state index in [-0.39, 0.29) is 24.8 Å². The second kappa shape index (κ2) is 14.3. The van der Waals surface area contributed by atoms with Crippen molar-refractivity contribution in [1.82, 2.24) is 4.90 Å². The number of carbonyl (C=O) groups is 1. The van der Waals surface area contributed by atoms with E-state index in [0.29, 0.717) is 31.5 Å². The molecule has 3 rings (SSSR count). The van der Waals surface area contributed by atoms with Crippen molar-refractivity contribution in [2.75, 3.05) is 13.1 Å². The summed E-state index contributed by atoms with van der Waals surface area (Å²) in [6.45, 7) is 5.01. The van der Waals surface area contributed by atoms with Crippen LogP contribution < -0.4 is 0 Å². The molecule has 1 saturated heterocycles. The third kappa shape index (κ3) is 10.6. The van der Waals surface area contributed by atoms with Crippen LogP contribution in [-0.4, -0.2) is 35.2 Å². The van der Waals surface area contributed by atoms with Crippen molar-refractivity contribution in [3.8, 4) is 0 Å². The van der Waals surface area contributed by atoms with Gasteiger partial charge >= 0.3 is 12.1 Å². The quantitative estimate of drug-likeness (QED) is 0.349. The standard InChI is InChI=1S/C20H28F3NO2.C8H8F2/c1-2-4-15-5-7-17(8-6-15)18-13-16(14-19(25)26)9-12-24(18)11-3-10-20(21,22)23;1-2-6-3-7(9)5-8(10)4-6/h5-8,16,18H,2-4,9-14H2,1H3,(H,25,26);3-5H,2H2,1H3/t16-,18+;/m1./s1. The zero-order valence-electron chi connectivity index (χ0n) is 21.0. The Hall–Kier alpha value is -2.48. The van der Waals surface area contributed by atoms with Crippen LogP contribution in [0, 0.1) is 17.6 Å². The summed E-state index contributed by atoms with van der Waals surface area (Å²) in [6.07, 6.45) is -0.556. The minimum absolute atomic E-state index is 0.00277. The Morgan fingerprint density at radius 1 is 1.03 bits per heavy atom. The van der Waals surface area contributed by atoms with Crippen LogP contribution in [0.2, 0.25) is 0 Å². The Bertz CT molecular complexity index is 926. The molecule has 0 aliphatic carbocycles. The molecule has 1 aliphatic heterocycles. The van der Waals surface area contributed by atoms with E-state index in [1.807, 2.05) is 6.92 Å². The summed E-state index contributed by atoms with van der Waals surface area (Å²) in [4.78, 5) is 13.1. The van der Waals surface area contributed by atoms with Crippen molar-refractivity contribution in [3.05, 3.63) is 70.8 Å². The minimum Gasteiger partial charge on any atom is -0.481 e. The van der Waals surface area contributed by atoms with Gasteiger partial charge in [0, 0.05) is 24.9 Å². The average Bonchev–Trinajstić information content (AvgIpc) is 2.79. The predicted octanol–water partition coefficient (Wildman–Crippen LogP) is 7.74. The molecular formula is C28H36F5NO2. The van der Waals surface area contributed by atoms with Crippen LogP contribution in [0.3, 0.4) is 0 Å². The number of halogens is 5. The van der Waals surface area contributed by atoms with Gasteiger partial charge in [-0.15, -0.1) is 0 Å². The molecule has 0 unspecified atom stereocenters. The summed E-state index contributed by atoms with van der Waals surface area (Å²) in [5.41, 5.74) is 3.02. The van der Waals surface area contributed by atoms with Gasteiger partial charge in [-0.2, -0.15) is 13.2 Å². The summed E-state index contributed by atoms with van der Waals surface area (Å²) >= 11 is 0. The molecule has 0 radical (unpaired) electrons. The maximum absolute atomic E-state index is 12.5. The van der Waals surface area contributed by atoms with Gasteiger partial charge in [-0.3, -0.25) is 9.69 Å². The molecule has 2 aromatic carbocycles. The van der Waals surface area contributed by atoms with Gasteiger partial charge in [0.2, 0.25) is 0 Å². The number of alkyl halides is 3. The maximum atomic E-state index is 12.5. The Labute approximate surface area is 210 Å². The highest BCUT2D eigenvalue weighted by atomic mass is 19.4. The number of hydrogen-bond acceptors (Lipinski definition) is 2. The van der Waals surface area contributed by atoms with Crippen molar-refractivity contribution in [2.45, 2.75) is 77.4 Å². The fraction of sp³-hybridized carbons (Fsp3) is 0.536. The van der Waals surface area contributed by atoms with Gasteiger partial charge in [-0.05, 0) is 79.9 Å². The molecule has 2 aromatic rings. The van der Waals surface area contributed by atoms with E-state index in [2.05, 4.69) is 36.1 Å². The zero-order chi connectivity index (χ0) is 26.7. The minimum atomic E-state index is -4.13. The van der Waals surface area contributed by atoms with Crippen LogP contribution in [0.5, 0.6) is 0 Å². The van der Waals surface area contributed by atoms with Gasteiger partial charge in [-0.25, -0.2) is 8.78 Å². The van der Waals surface area contributed by atoms with Crippen molar-refractivity contribution in [1.29, 1.82) is 0 Å². The maximum Gasteiger partial charge on any atom is 0.389 e. The van der Waals surface area contributed by atoms with Gasteiger partial charge in [0.15, 0.2) is 0 Å². The van der Waals surface area contributed by atoms with Crippen LogP contribution in [0.15, 0.2) is 42.5 Å². The summed E-state index contributed by atoms with van der Waals surface area (Å²) in [6, 6.07) is 11.8. The second-order valence-electron chi connectivity index (χ2n) is 9.38. The lowest BCUT2D eigenvalue weighted by Gasteiger charge is -2.39. The fourth-order valence-corrected chi connectivity index (χ4v) is 4.63. The van der Waals surface area contributed by atoms with E-state index in [1.54, 1.807) is 0 Å². The first-order valence-electron chi connectivity index (χ1n) is 12.6. The highest BCUT2D eigenvalue weighted by molar-refractivity contribution is 5.67. The van der Waals surface area contributed by atoms with Gasteiger partial charge < -0.3 is 5.11 Å². The topological polar surface area (TPSA) is 40.5 Å². The summed E-state index contributed by atoms with van der Waals surface area (Å²) < 4.78 is 62.2. The lowest BCUT2D eigenvalue weighted by atomic mass is 9.84. The summed E-state index contributed by atoms with van der Waals surface area (Å²) in [5, 5.41) is 9.08. The van der Waals surface area contributed by atoms with Gasteiger partial charge in [0.05, 0.1) is 0 Å². The number of rotatable bonds is 9. The Morgan fingerprint density at radius 3 is 2.19 bits per heavy atom. The smallest absolute Gasteiger partial charge is 0.389 e. The second-order valence-corrected chi connectivity index (χ2v) is 9.38. The van der Waals surface area contributed by atoms with Gasteiger partial charge in [-0.1, -0.05) is 44.5 Å². The first-order chi connectivity index (χ1) is 17.0. The lowest BCUT2D eigenvalue weighted by Crippen LogP contribution is -2.38. The number of carboxylic acids is 1. The average molecular weight is 514 g/mol. The SMILES string of the molecule is CCCc1ccc([C@@H]2C[C@H](CC(=O)O)CCN2CCCC(F)(F)F)cc1.CCc1cc(F)cc(F)c1. The molecule has 0 saturated carbocycles. The molecular weight excluding hydrogens is 477 g/mol. The van der Waals surface area contributed by atoms with E-state index < -0.39 is 30.2 Å². The molecule has 0 aromatic heterocycles. The monoisotopic (exact) mass is 513 g/mol. The third-order valence-corrected chi connectivity index (χ3v) is 6.42. The van der Waals surface area contributed by atoms with Crippen molar-refractivity contribution < 1.29 is 31.9 Å². The number of carboxylic acid groups (broad SMARTS) is 1. The zero-order valence-corrected chi connectivity index (χ0v) is 21.0. The third-order valence-electron chi connectivity index (χ3n) is 6.42. The van der Waals surface area contributed by atoms with Crippen molar-refractivity contribution in [2.24, 2.45) is 5.92 Å². The molecule has 2 atom stereocenters. The summed E-state index contributed by atoms with van der Waals surface area (Å²) in [7, 11) is 0. The molecule has 3 nitrogen and oxygen atoms in total. The number of likely N-dealkylation sites (tertiary alicyclic amines) is 1. The molecule has 200 valence electrons. The predicted molar refractivity (Wildman–Crippen MR) is 131 cm³/mol. The Morgan fingerprint density at radius 2 is 1.67 bits per heavy atom. The van der Waals surface area contributed by atoms with Gasteiger partial charge in [0.1, 0.15) is 11.6 Å². The normalized spacial score (nSPS) is 18.4. The lowest BCUT2D eigenvalue weighted by molar-refractivity contribution is -0.140. The Kier molecular flexibility index (Phi) is 11.8. The molecule has 0 bridgehead atoms. The number of aryl methyl sites for hydroxylation is 2. The number of aliphatic carboxylic acids is 1. The Balaban J connectivity index is 0.000000380. The van der Waals surface area contributed by atoms with Crippen LogP contribution in [-0.2, 0) is 17.6 Å². The number of nitrogens with zero attached hydrogens (tertiary/aromatic N) is 1. The molecule has 1 aliphatic rings. The van der Waals surface area contributed by atoms with Crippen LogP contribution in [0.1, 0.15) is 75.1 Å². The van der Waals surface area contributed by atoms with E-state index >= 15 is 0 Å². The van der Waals surface area contributed by atoms with E-state index in [4.69, 9.17) is 5.11 Å². The van der Waals surface area contributed by atoms with Crippen LogP contribution in [0.4, 0.5) is 22.0 Å². The molecule has 1 N–H and O–H groups in total. The molecule has 36 heavy (non-hydrogen) atoms. The van der Waals surface area contributed by atoms with E-state index in [1.165, 1.54) is 17.7 Å². The molecule has 0 spiro atoms. The molecule has 1 fully saturated rings. The van der Waals surface area contributed by atoms with Crippen LogP contribution in [0.25, 0.3) is 0 Å². The van der Waals surface area contributed by atoms with Gasteiger partial charge in [0.25, 0.3) is 0 Å². The molecule has 1 heterocycles. The van der Waals surface area contributed by atoms with E-state index in [9.17, 15) is 26.7 Å². The van der Waals surface area contributed by atoms with Crippen molar-refractivity contribution in [3.63, 3.8) is 0 Å². The molecule has 0 amide bonds. The first kappa shape index (κ1) is 29.7. The summed E-state index contributed by atoms with van der Waals surface area (Å²) in [5.74, 6) is -1.74. The van der Waals surface area contributed by atoms with E-state index in [0.717, 1.165) is 30.9 Å². The highest BCUT2D eigenvalue weighted by Crippen LogP contribution is 2.36. The fourth-order valence-electron chi connectivity index (χ4n) is 4.63. The van der Waals surface area contributed by atoms with Crippen molar-refractivity contribution >= 4 is 5.97 Å². The number of piperidine rings is 1. The first-order valence-corrected chi connectivity index (χ1v) is 12.6. The molecule has 8 heteroatoms. The largest absolute Gasteiger partial charge is 0.481 e. The van der Waals surface area contributed by atoms with Crippen LogP contribution >= 0.6 is 0 Å².